The lowest BCUT2D eigenvalue weighted by Crippen LogP contribution is -2.49. The fourth-order valence-electron chi connectivity index (χ4n) is 7.02. The first kappa shape index (κ1) is 28.5. The van der Waals surface area contributed by atoms with Crippen molar-refractivity contribution in [1.82, 2.24) is 5.32 Å². The van der Waals surface area contributed by atoms with E-state index in [1.54, 1.807) is 18.2 Å². The lowest BCUT2D eigenvalue weighted by atomic mass is 9.62. The van der Waals surface area contributed by atoms with E-state index < -0.39 is 41.4 Å². The minimum absolute atomic E-state index is 0.0380. The molecule has 1 spiro atoms. The number of nitrogens with one attached hydrogen (secondary N) is 2. The monoisotopic (exact) mass is 576 g/mol. The minimum atomic E-state index is -1.28. The molecule has 5 rings (SSSR count). The Morgan fingerprint density at radius 2 is 1.82 bits per heavy atom. The number of rotatable bonds is 6. The van der Waals surface area contributed by atoms with E-state index in [0.29, 0.717) is 42.0 Å². The summed E-state index contributed by atoms with van der Waals surface area (Å²) in [6, 6.07) is 8.73. The van der Waals surface area contributed by atoms with Gasteiger partial charge in [0.1, 0.15) is 17.0 Å². The molecule has 2 aromatic carbocycles. The summed E-state index contributed by atoms with van der Waals surface area (Å²) < 4.78 is 15.0. The molecule has 6 atom stereocenters. The van der Waals surface area contributed by atoms with Crippen molar-refractivity contribution in [1.29, 1.82) is 0 Å². The quantitative estimate of drug-likeness (QED) is 0.371. The number of carbonyl (C=O) groups excluding carboxylic acids is 2. The average molecular weight is 578 g/mol. The number of benzene rings is 2. The highest BCUT2D eigenvalue weighted by Gasteiger charge is 2.65. The Balaban J connectivity index is 1.62. The van der Waals surface area contributed by atoms with Crippen LogP contribution < -0.4 is 10.6 Å². The average Bonchev–Trinajstić information content (AvgIpc) is 3.44. The van der Waals surface area contributed by atoms with Crippen LogP contribution in [0.15, 0.2) is 36.4 Å². The van der Waals surface area contributed by atoms with Crippen LogP contribution in [0.25, 0.3) is 0 Å². The largest absolute Gasteiger partial charge is 0.390 e. The summed E-state index contributed by atoms with van der Waals surface area (Å²) in [5.74, 6) is -1.61. The molecule has 2 fully saturated rings. The van der Waals surface area contributed by atoms with Crippen molar-refractivity contribution in [3.8, 4) is 0 Å². The van der Waals surface area contributed by atoms with Crippen molar-refractivity contribution < 1.29 is 24.2 Å². The van der Waals surface area contributed by atoms with Gasteiger partial charge in [-0.3, -0.25) is 9.59 Å². The third-order valence-corrected chi connectivity index (χ3v) is 9.17. The number of Topliss-reactive ketones (excluding diaryl/α,β-unsaturated/α-hetero) is 1. The van der Waals surface area contributed by atoms with Gasteiger partial charge in [0.05, 0.1) is 23.3 Å². The molecule has 4 N–H and O–H groups in total. The van der Waals surface area contributed by atoms with E-state index in [0.717, 1.165) is 5.56 Å². The van der Waals surface area contributed by atoms with Gasteiger partial charge in [0.15, 0.2) is 0 Å². The Morgan fingerprint density at radius 1 is 1.13 bits per heavy atom. The molecule has 2 aromatic rings. The van der Waals surface area contributed by atoms with E-state index in [-0.39, 0.29) is 34.5 Å². The molecule has 0 aromatic heterocycles. The van der Waals surface area contributed by atoms with E-state index in [1.807, 2.05) is 6.07 Å². The second-order valence-electron chi connectivity index (χ2n) is 12.6. The summed E-state index contributed by atoms with van der Waals surface area (Å²) >= 11 is 12.5. The highest BCUT2D eigenvalue weighted by atomic mass is 35.5. The number of hydrogen-bond acceptors (Lipinski definition) is 5. The lowest BCUT2D eigenvalue weighted by Gasteiger charge is -2.37. The number of fused-ring (bicyclic) bond motifs is 2. The van der Waals surface area contributed by atoms with Crippen molar-refractivity contribution >= 4 is 40.6 Å². The highest BCUT2D eigenvalue weighted by molar-refractivity contribution is 6.31. The van der Waals surface area contributed by atoms with Crippen LogP contribution in [0.5, 0.6) is 0 Å². The molecule has 0 radical (unpaired) electrons. The molecule has 1 aliphatic carbocycles. The predicted molar refractivity (Wildman–Crippen MR) is 150 cm³/mol. The van der Waals surface area contributed by atoms with Crippen LogP contribution in [0.2, 0.25) is 10.0 Å². The smallest absolute Gasteiger partial charge is 0.237 e. The predicted octanol–water partition coefficient (Wildman–Crippen LogP) is 5.36. The van der Waals surface area contributed by atoms with Gasteiger partial charge >= 0.3 is 0 Å². The molecule has 210 valence electrons. The second kappa shape index (κ2) is 10.4. The highest BCUT2D eigenvalue weighted by Crippen LogP contribution is 2.57. The molecular weight excluding hydrogens is 542 g/mol. The van der Waals surface area contributed by atoms with Gasteiger partial charge in [0.2, 0.25) is 5.91 Å². The van der Waals surface area contributed by atoms with Crippen LogP contribution in [0, 0.1) is 17.2 Å². The standard InChI is InChI=1S/C30H35Cl2FN2O4/c1-29(2,3)14-25-30(18-12-20(33)19(32)13-21(18)34-28(30)39)26(16-5-4-6-17(31)11-16)27(35-25)22(36)8-7-15-9-23(37)24(38)10-15/h4-6,11-13,15,23-27,35,37-38H,7-10,14H2,1-3H3,(H,34,39)/t15?,23?,24?,25-,26+,27+,30+/m1/s1. The molecular formula is C30H35Cl2FN2O4. The van der Waals surface area contributed by atoms with Crippen LogP contribution in [0.4, 0.5) is 10.1 Å². The molecule has 3 aliphatic rings. The minimum Gasteiger partial charge on any atom is -0.390 e. The molecule has 9 heteroatoms. The van der Waals surface area contributed by atoms with Gasteiger partial charge < -0.3 is 20.8 Å². The zero-order valence-electron chi connectivity index (χ0n) is 22.3. The number of hydrogen-bond donors (Lipinski definition) is 4. The molecule has 2 aliphatic heterocycles. The molecule has 2 heterocycles. The van der Waals surface area contributed by atoms with Crippen LogP contribution in [0.1, 0.15) is 69.9 Å². The van der Waals surface area contributed by atoms with Crippen molar-refractivity contribution in [3.63, 3.8) is 0 Å². The van der Waals surface area contributed by atoms with Gasteiger partial charge in [-0.25, -0.2) is 4.39 Å². The second-order valence-corrected chi connectivity index (χ2v) is 13.5. The van der Waals surface area contributed by atoms with E-state index in [1.165, 1.54) is 12.1 Å². The third-order valence-electron chi connectivity index (χ3n) is 8.65. The van der Waals surface area contributed by atoms with E-state index >= 15 is 0 Å². The molecule has 1 saturated heterocycles. The maximum atomic E-state index is 15.0. The Bertz CT molecular complexity index is 1290. The summed E-state index contributed by atoms with van der Waals surface area (Å²) in [6.07, 6.45) is 0.666. The fraction of sp³-hybridized carbons (Fsp3) is 0.533. The van der Waals surface area contributed by atoms with Gasteiger partial charge in [0, 0.05) is 29.1 Å². The summed E-state index contributed by atoms with van der Waals surface area (Å²) in [7, 11) is 0. The maximum absolute atomic E-state index is 15.0. The van der Waals surface area contributed by atoms with E-state index in [2.05, 4.69) is 31.4 Å². The summed E-state index contributed by atoms with van der Waals surface area (Å²) in [6.45, 7) is 6.20. The summed E-state index contributed by atoms with van der Waals surface area (Å²) in [4.78, 5) is 28.1. The number of halogens is 3. The Kier molecular flexibility index (Phi) is 7.61. The molecule has 1 amide bonds. The first-order chi connectivity index (χ1) is 18.3. The SMILES string of the molecule is CC(C)(C)C[C@H]1N[C@@H](C(=O)CCC2CC(O)C(O)C2)[C@H](c2cccc(Cl)c2)[C@@]12C(=O)Nc1cc(Cl)c(F)cc12. The van der Waals surface area contributed by atoms with Gasteiger partial charge in [-0.2, -0.15) is 0 Å². The Morgan fingerprint density at radius 3 is 2.46 bits per heavy atom. The third kappa shape index (κ3) is 5.13. The van der Waals surface area contributed by atoms with E-state index in [4.69, 9.17) is 23.2 Å². The normalized spacial score (nSPS) is 32.1. The van der Waals surface area contributed by atoms with Crippen LogP contribution >= 0.6 is 23.2 Å². The van der Waals surface area contributed by atoms with Gasteiger partial charge in [0.25, 0.3) is 0 Å². The number of amides is 1. The number of anilines is 1. The zero-order valence-corrected chi connectivity index (χ0v) is 23.8. The number of aliphatic hydroxyl groups is 2. The number of ketones is 1. The van der Waals surface area contributed by atoms with Crippen LogP contribution in [0.3, 0.4) is 0 Å². The lowest BCUT2D eigenvalue weighted by molar-refractivity contribution is -0.122. The van der Waals surface area contributed by atoms with Gasteiger partial charge in [-0.05, 0) is 72.4 Å². The van der Waals surface area contributed by atoms with Gasteiger partial charge in [-0.1, -0.05) is 56.1 Å². The molecule has 6 nitrogen and oxygen atoms in total. The van der Waals surface area contributed by atoms with Crippen molar-refractivity contribution in [2.45, 2.75) is 88.5 Å². The first-order valence-electron chi connectivity index (χ1n) is 13.5. The van der Waals surface area contributed by atoms with Gasteiger partial charge in [-0.15, -0.1) is 0 Å². The maximum Gasteiger partial charge on any atom is 0.237 e. The topological polar surface area (TPSA) is 98.7 Å². The Labute approximate surface area is 238 Å². The van der Waals surface area contributed by atoms with Crippen molar-refractivity contribution in [2.75, 3.05) is 5.32 Å². The zero-order chi connectivity index (χ0) is 28.3. The van der Waals surface area contributed by atoms with Crippen LogP contribution in [-0.2, 0) is 15.0 Å². The Hall–Kier alpha value is -2.03. The molecule has 39 heavy (non-hydrogen) atoms. The molecule has 2 unspecified atom stereocenters. The van der Waals surface area contributed by atoms with Crippen LogP contribution in [-0.4, -0.2) is 46.2 Å². The van der Waals surface area contributed by atoms with Crippen molar-refractivity contribution in [3.05, 3.63) is 63.4 Å². The number of aliphatic hydroxyl groups excluding tert-OH is 2. The van der Waals surface area contributed by atoms with Crippen molar-refractivity contribution in [2.24, 2.45) is 11.3 Å². The molecule has 1 saturated carbocycles. The summed E-state index contributed by atoms with van der Waals surface area (Å²) in [5, 5.41) is 26.8. The number of carbonyl (C=O) groups is 2. The molecule has 0 bridgehead atoms. The summed E-state index contributed by atoms with van der Waals surface area (Å²) in [5.41, 5.74) is 0.152. The van der Waals surface area contributed by atoms with E-state index in [9.17, 15) is 24.2 Å². The fourth-order valence-corrected chi connectivity index (χ4v) is 7.38. The first-order valence-corrected chi connectivity index (χ1v) is 14.3.